The van der Waals surface area contributed by atoms with Gasteiger partial charge in [-0.3, -0.25) is 19.2 Å². The summed E-state index contributed by atoms with van der Waals surface area (Å²) >= 11 is 0. The Balaban J connectivity index is 2.25. The monoisotopic (exact) mass is 435 g/mol. The van der Waals surface area contributed by atoms with Gasteiger partial charge in [-0.25, -0.2) is 13.2 Å². The van der Waals surface area contributed by atoms with E-state index >= 15 is 0 Å². The fourth-order valence-corrected chi connectivity index (χ4v) is 3.87. The van der Waals surface area contributed by atoms with Gasteiger partial charge < -0.3 is 10.1 Å². The molecule has 0 heterocycles. The quantitative estimate of drug-likeness (QED) is 0.382. The molecule has 0 saturated heterocycles. The van der Waals surface area contributed by atoms with Crippen molar-refractivity contribution in [3.05, 3.63) is 64.2 Å². The molecule has 1 amide bonds. The molecule has 0 aliphatic heterocycles. The summed E-state index contributed by atoms with van der Waals surface area (Å²) in [6.07, 6.45) is 0.906. The van der Waals surface area contributed by atoms with E-state index in [-0.39, 0.29) is 18.0 Å². The van der Waals surface area contributed by atoms with E-state index in [2.05, 4.69) is 5.32 Å². The van der Waals surface area contributed by atoms with Gasteiger partial charge in [-0.05, 0) is 44.2 Å². The number of hydrogen-bond acceptors (Lipinski definition) is 7. The van der Waals surface area contributed by atoms with E-state index in [9.17, 15) is 28.1 Å². The number of rotatable bonds is 8. The number of anilines is 2. The number of nitro benzene ring substituents is 1. The largest absolute Gasteiger partial charge is 0.462 e. The number of ether oxygens (including phenoxy) is 1. The van der Waals surface area contributed by atoms with Crippen LogP contribution in [0, 0.1) is 10.1 Å². The van der Waals surface area contributed by atoms with Crippen LogP contribution < -0.4 is 9.62 Å². The summed E-state index contributed by atoms with van der Waals surface area (Å²) in [4.78, 5) is 34.7. The highest BCUT2D eigenvalue weighted by molar-refractivity contribution is 7.92. The van der Waals surface area contributed by atoms with Crippen LogP contribution in [0.2, 0.25) is 0 Å². The van der Waals surface area contributed by atoms with Crippen molar-refractivity contribution in [3.63, 3.8) is 0 Å². The second-order valence-electron chi connectivity index (χ2n) is 6.30. The van der Waals surface area contributed by atoms with Crippen molar-refractivity contribution >= 4 is 39.0 Å². The first-order valence-electron chi connectivity index (χ1n) is 8.86. The van der Waals surface area contributed by atoms with Gasteiger partial charge in [0.2, 0.25) is 15.9 Å². The second-order valence-corrected chi connectivity index (χ2v) is 8.16. The molecule has 2 aromatic carbocycles. The van der Waals surface area contributed by atoms with Crippen molar-refractivity contribution in [1.29, 1.82) is 0 Å². The maximum Gasteiger partial charge on any atom is 0.338 e. The number of carbonyl (C=O) groups is 2. The Bertz CT molecular complexity index is 1050. The predicted octanol–water partition coefficient (Wildman–Crippen LogP) is 2.56. The Kier molecular flexibility index (Phi) is 7.11. The van der Waals surface area contributed by atoms with E-state index in [1.807, 2.05) is 0 Å². The SMILES string of the molecule is CCOC(=O)c1ccc(NC(=O)[C@H](C)N(c2cccc([N+](=O)[O-])c2)S(C)(=O)=O)cc1. The van der Waals surface area contributed by atoms with Crippen molar-refractivity contribution in [1.82, 2.24) is 0 Å². The van der Waals surface area contributed by atoms with E-state index in [1.54, 1.807) is 6.92 Å². The van der Waals surface area contributed by atoms with E-state index in [0.717, 1.165) is 16.6 Å². The zero-order chi connectivity index (χ0) is 22.5. The smallest absolute Gasteiger partial charge is 0.338 e. The highest BCUT2D eigenvalue weighted by Gasteiger charge is 2.30. The minimum Gasteiger partial charge on any atom is -0.462 e. The lowest BCUT2D eigenvalue weighted by atomic mass is 10.2. The highest BCUT2D eigenvalue weighted by atomic mass is 32.2. The number of amides is 1. The summed E-state index contributed by atoms with van der Waals surface area (Å²) in [5.74, 6) is -1.16. The standard InChI is InChI=1S/C19H21N3O7S/c1-4-29-19(24)14-8-10-15(11-9-14)20-18(23)13(2)21(30(3,27)28)16-6-5-7-17(12-16)22(25)26/h5-13H,4H2,1-3H3,(H,20,23)/t13-/m0/s1. The normalized spacial score (nSPS) is 12.0. The molecule has 1 N–H and O–H groups in total. The number of esters is 1. The van der Waals surface area contributed by atoms with Crippen LogP contribution in [0.5, 0.6) is 0 Å². The fraction of sp³-hybridized carbons (Fsp3) is 0.263. The summed E-state index contributed by atoms with van der Waals surface area (Å²) in [7, 11) is -3.93. The Morgan fingerprint density at radius 2 is 1.83 bits per heavy atom. The molecule has 0 saturated carbocycles. The van der Waals surface area contributed by atoms with Gasteiger partial charge in [0.15, 0.2) is 0 Å². The molecule has 0 radical (unpaired) electrons. The molecule has 160 valence electrons. The predicted molar refractivity (Wildman–Crippen MR) is 111 cm³/mol. The molecular formula is C19H21N3O7S. The minimum absolute atomic E-state index is 0.00740. The molecule has 2 rings (SSSR count). The Labute approximate surface area is 173 Å². The van der Waals surface area contributed by atoms with Crippen molar-refractivity contribution in [3.8, 4) is 0 Å². The highest BCUT2D eigenvalue weighted by Crippen LogP contribution is 2.25. The van der Waals surface area contributed by atoms with Gasteiger partial charge in [-0.2, -0.15) is 0 Å². The average Bonchev–Trinajstić information content (AvgIpc) is 2.68. The van der Waals surface area contributed by atoms with Crippen molar-refractivity contribution in [2.24, 2.45) is 0 Å². The van der Waals surface area contributed by atoms with Crippen molar-refractivity contribution < 1.29 is 27.7 Å². The van der Waals surface area contributed by atoms with Gasteiger partial charge in [-0.1, -0.05) is 6.07 Å². The molecule has 0 fully saturated rings. The van der Waals surface area contributed by atoms with Gasteiger partial charge in [0, 0.05) is 17.8 Å². The van der Waals surface area contributed by atoms with Gasteiger partial charge in [-0.15, -0.1) is 0 Å². The van der Waals surface area contributed by atoms with Crippen LogP contribution >= 0.6 is 0 Å². The summed E-state index contributed by atoms with van der Waals surface area (Å²) in [5.41, 5.74) is 0.333. The summed E-state index contributed by atoms with van der Waals surface area (Å²) in [5, 5.41) is 13.6. The molecule has 0 aliphatic carbocycles. The van der Waals surface area contributed by atoms with E-state index in [0.29, 0.717) is 11.3 Å². The van der Waals surface area contributed by atoms with Crippen molar-refractivity contribution in [2.45, 2.75) is 19.9 Å². The number of benzene rings is 2. The summed E-state index contributed by atoms with van der Waals surface area (Å²) in [6, 6.07) is 9.70. The molecule has 30 heavy (non-hydrogen) atoms. The second kappa shape index (κ2) is 9.35. The number of sulfonamides is 1. The number of carbonyl (C=O) groups excluding carboxylic acids is 2. The Morgan fingerprint density at radius 3 is 2.37 bits per heavy atom. The number of hydrogen-bond donors (Lipinski definition) is 1. The zero-order valence-electron chi connectivity index (χ0n) is 16.6. The number of nitrogens with one attached hydrogen (secondary N) is 1. The lowest BCUT2D eigenvalue weighted by Gasteiger charge is -2.28. The van der Waals surface area contributed by atoms with E-state index < -0.39 is 32.9 Å². The number of nitrogens with zero attached hydrogens (tertiary/aromatic N) is 2. The first-order chi connectivity index (χ1) is 14.0. The van der Waals surface area contributed by atoms with Gasteiger partial charge in [0.25, 0.3) is 5.69 Å². The molecule has 0 spiro atoms. The van der Waals surface area contributed by atoms with Crippen LogP contribution in [0.1, 0.15) is 24.2 Å². The third-order valence-electron chi connectivity index (χ3n) is 4.05. The fourth-order valence-electron chi connectivity index (χ4n) is 2.70. The maximum atomic E-state index is 12.7. The lowest BCUT2D eigenvalue weighted by molar-refractivity contribution is -0.384. The third-order valence-corrected chi connectivity index (χ3v) is 5.29. The van der Waals surface area contributed by atoms with Gasteiger partial charge in [0.05, 0.1) is 29.0 Å². The van der Waals surface area contributed by atoms with Crippen LogP contribution in [0.3, 0.4) is 0 Å². The Morgan fingerprint density at radius 1 is 1.20 bits per heavy atom. The molecule has 0 aromatic heterocycles. The van der Waals surface area contributed by atoms with Gasteiger partial charge in [0.1, 0.15) is 6.04 Å². The first kappa shape index (κ1) is 22.8. The van der Waals surface area contributed by atoms with E-state index in [1.165, 1.54) is 49.4 Å². The minimum atomic E-state index is -3.93. The molecular weight excluding hydrogens is 414 g/mol. The molecule has 10 nitrogen and oxygen atoms in total. The van der Waals surface area contributed by atoms with Gasteiger partial charge >= 0.3 is 5.97 Å². The molecule has 2 aromatic rings. The van der Waals surface area contributed by atoms with Crippen LogP contribution in [0.25, 0.3) is 0 Å². The third kappa shape index (κ3) is 5.54. The number of non-ortho nitro benzene ring substituents is 1. The van der Waals surface area contributed by atoms with Crippen LogP contribution in [-0.4, -0.2) is 44.1 Å². The average molecular weight is 435 g/mol. The lowest BCUT2D eigenvalue weighted by Crippen LogP contribution is -2.45. The van der Waals surface area contributed by atoms with Crippen molar-refractivity contribution in [2.75, 3.05) is 22.5 Å². The molecule has 0 unspecified atom stereocenters. The molecule has 1 atom stereocenters. The summed E-state index contributed by atoms with van der Waals surface area (Å²) in [6.45, 7) is 3.28. The van der Waals surface area contributed by atoms with Crippen LogP contribution in [-0.2, 0) is 19.6 Å². The van der Waals surface area contributed by atoms with Crippen LogP contribution in [0.4, 0.5) is 17.1 Å². The molecule has 0 aliphatic rings. The van der Waals surface area contributed by atoms with Crippen LogP contribution in [0.15, 0.2) is 48.5 Å². The topological polar surface area (TPSA) is 136 Å². The summed E-state index contributed by atoms with van der Waals surface area (Å²) < 4.78 is 30.3. The maximum absolute atomic E-state index is 12.7. The molecule has 0 bridgehead atoms. The molecule has 11 heteroatoms. The number of nitro groups is 1. The zero-order valence-corrected chi connectivity index (χ0v) is 17.4. The Hall–Kier alpha value is -3.47. The first-order valence-corrected chi connectivity index (χ1v) is 10.7. The van der Waals surface area contributed by atoms with E-state index in [4.69, 9.17) is 4.74 Å².